The molecule has 2 fully saturated rings. The summed E-state index contributed by atoms with van der Waals surface area (Å²) in [6, 6.07) is 8.49. The van der Waals surface area contributed by atoms with Gasteiger partial charge in [0.05, 0.1) is 12.7 Å². The monoisotopic (exact) mass is 288 g/mol. The van der Waals surface area contributed by atoms with Crippen molar-refractivity contribution in [2.75, 3.05) is 6.61 Å². The van der Waals surface area contributed by atoms with E-state index in [1.807, 2.05) is 6.07 Å². The molecule has 21 heavy (non-hydrogen) atoms. The summed E-state index contributed by atoms with van der Waals surface area (Å²) >= 11 is 0. The Balaban J connectivity index is 1.65. The molecule has 2 aliphatic carbocycles. The number of hydrogen-bond donors (Lipinski definition) is 1. The molecule has 116 valence electrons. The molecule has 2 unspecified atom stereocenters. The van der Waals surface area contributed by atoms with Crippen LogP contribution in [0.25, 0.3) is 0 Å². The summed E-state index contributed by atoms with van der Waals surface area (Å²) in [5.41, 5.74) is 2.42. The Kier molecular flexibility index (Phi) is 4.66. The normalized spacial score (nSPS) is 33.1. The molecule has 3 rings (SSSR count). The molecular weight excluding hydrogens is 260 g/mol. The first-order valence-corrected chi connectivity index (χ1v) is 8.48. The van der Waals surface area contributed by atoms with Gasteiger partial charge in [-0.05, 0) is 60.5 Å². The summed E-state index contributed by atoms with van der Waals surface area (Å²) in [5, 5.41) is 9.34. The molecule has 2 nitrogen and oxygen atoms in total. The summed E-state index contributed by atoms with van der Waals surface area (Å²) in [7, 11) is 0. The van der Waals surface area contributed by atoms with E-state index in [0.717, 1.165) is 18.1 Å². The van der Waals surface area contributed by atoms with Crippen LogP contribution >= 0.6 is 0 Å². The lowest BCUT2D eigenvalue weighted by atomic mass is 9.69. The summed E-state index contributed by atoms with van der Waals surface area (Å²) in [5.74, 6) is 2.74. The van der Waals surface area contributed by atoms with Gasteiger partial charge in [-0.2, -0.15) is 0 Å². The standard InChI is InChI=1S/C19H28O2/c1-13-8-18(21-12-15-6-7-15)9-14(2)19(13)17-5-3-4-16(10-17)11-20/h3-5,10,13-15,18-20H,6-9,11-12H2,1-2H3. The van der Waals surface area contributed by atoms with Gasteiger partial charge >= 0.3 is 0 Å². The Bertz CT molecular complexity index is 454. The maximum atomic E-state index is 9.34. The van der Waals surface area contributed by atoms with Crippen LogP contribution in [0.3, 0.4) is 0 Å². The number of hydrogen-bond acceptors (Lipinski definition) is 2. The first-order valence-electron chi connectivity index (χ1n) is 8.48. The second-order valence-corrected chi connectivity index (χ2v) is 7.25. The third-order valence-electron chi connectivity index (χ3n) is 5.28. The Morgan fingerprint density at radius 2 is 1.86 bits per heavy atom. The molecule has 0 spiro atoms. The van der Waals surface area contributed by atoms with E-state index in [0.29, 0.717) is 23.9 Å². The quantitative estimate of drug-likeness (QED) is 0.883. The van der Waals surface area contributed by atoms with Crippen molar-refractivity contribution in [2.45, 2.75) is 58.2 Å². The predicted molar refractivity (Wildman–Crippen MR) is 85.1 cm³/mol. The molecule has 1 N–H and O–H groups in total. The fourth-order valence-electron chi connectivity index (χ4n) is 4.03. The van der Waals surface area contributed by atoms with Crippen LogP contribution in [0.15, 0.2) is 24.3 Å². The van der Waals surface area contributed by atoms with Crippen molar-refractivity contribution in [3.8, 4) is 0 Å². The number of aliphatic hydroxyl groups excluding tert-OH is 1. The van der Waals surface area contributed by atoms with Gasteiger partial charge in [0, 0.05) is 6.61 Å². The molecule has 1 aromatic carbocycles. The van der Waals surface area contributed by atoms with Gasteiger partial charge in [0.2, 0.25) is 0 Å². The van der Waals surface area contributed by atoms with Crippen molar-refractivity contribution in [3.05, 3.63) is 35.4 Å². The summed E-state index contributed by atoms with van der Waals surface area (Å²) in [6.07, 6.45) is 5.53. The fraction of sp³-hybridized carbons (Fsp3) is 0.684. The molecule has 0 radical (unpaired) electrons. The fourth-order valence-corrected chi connectivity index (χ4v) is 4.03. The minimum absolute atomic E-state index is 0.135. The van der Waals surface area contributed by atoms with Crippen molar-refractivity contribution in [1.29, 1.82) is 0 Å². The molecule has 2 heteroatoms. The summed E-state index contributed by atoms with van der Waals surface area (Å²) in [6.45, 7) is 5.84. The highest BCUT2D eigenvalue weighted by atomic mass is 16.5. The van der Waals surface area contributed by atoms with E-state index in [2.05, 4.69) is 32.0 Å². The molecule has 2 aliphatic rings. The Hall–Kier alpha value is -0.860. The highest BCUT2D eigenvalue weighted by Crippen LogP contribution is 2.43. The summed E-state index contributed by atoms with van der Waals surface area (Å²) < 4.78 is 6.14. The minimum Gasteiger partial charge on any atom is -0.392 e. The Morgan fingerprint density at radius 1 is 1.14 bits per heavy atom. The van der Waals surface area contributed by atoms with Crippen LogP contribution in [0.1, 0.15) is 56.6 Å². The zero-order valence-electron chi connectivity index (χ0n) is 13.3. The van der Waals surface area contributed by atoms with Gasteiger partial charge in [0.25, 0.3) is 0 Å². The number of aliphatic hydroxyl groups is 1. The second-order valence-electron chi connectivity index (χ2n) is 7.25. The predicted octanol–water partition coefficient (Wildman–Crippen LogP) is 4.12. The van der Waals surface area contributed by atoms with Crippen molar-refractivity contribution in [1.82, 2.24) is 0 Å². The van der Waals surface area contributed by atoms with Crippen LogP contribution in [0.5, 0.6) is 0 Å². The zero-order chi connectivity index (χ0) is 14.8. The molecule has 2 saturated carbocycles. The maximum Gasteiger partial charge on any atom is 0.0681 e. The van der Waals surface area contributed by atoms with Gasteiger partial charge < -0.3 is 9.84 Å². The van der Waals surface area contributed by atoms with Gasteiger partial charge in [-0.15, -0.1) is 0 Å². The zero-order valence-corrected chi connectivity index (χ0v) is 13.3. The lowest BCUT2D eigenvalue weighted by Crippen LogP contribution is -2.33. The summed E-state index contributed by atoms with van der Waals surface area (Å²) in [4.78, 5) is 0. The van der Waals surface area contributed by atoms with E-state index in [4.69, 9.17) is 4.74 Å². The van der Waals surface area contributed by atoms with Gasteiger partial charge in [0.15, 0.2) is 0 Å². The van der Waals surface area contributed by atoms with Crippen molar-refractivity contribution < 1.29 is 9.84 Å². The van der Waals surface area contributed by atoms with Gasteiger partial charge in [-0.3, -0.25) is 0 Å². The van der Waals surface area contributed by atoms with Crippen molar-refractivity contribution >= 4 is 0 Å². The van der Waals surface area contributed by atoms with E-state index in [1.165, 1.54) is 31.2 Å². The SMILES string of the molecule is CC1CC(OCC2CC2)CC(C)C1c1cccc(CO)c1. The molecule has 1 aromatic rings. The average Bonchev–Trinajstić information content (AvgIpc) is 3.29. The van der Waals surface area contributed by atoms with Crippen LogP contribution in [-0.2, 0) is 11.3 Å². The largest absolute Gasteiger partial charge is 0.392 e. The van der Waals surface area contributed by atoms with Gasteiger partial charge in [0.1, 0.15) is 0 Å². The van der Waals surface area contributed by atoms with Crippen LogP contribution in [0.2, 0.25) is 0 Å². The maximum absolute atomic E-state index is 9.34. The molecule has 0 aromatic heterocycles. The molecule has 0 amide bonds. The lowest BCUT2D eigenvalue weighted by molar-refractivity contribution is -0.0116. The average molecular weight is 288 g/mol. The Morgan fingerprint density at radius 3 is 2.48 bits per heavy atom. The number of benzene rings is 1. The van der Waals surface area contributed by atoms with E-state index < -0.39 is 0 Å². The molecular formula is C19H28O2. The first-order chi connectivity index (χ1) is 10.2. The third-order valence-corrected chi connectivity index (χ3v) is 5.28. The van der Waals surface area contributed by atoms with E-state index in [-0.39, 0.29) is 6.61 Å². The highest BCUT2D eigenvalue weighted by molar-refractivity contribution is 5.27. The van der Waals surface area contributed by atoms with Crippen molar-refractivity contribution in [3.63, 3.8) is 0 Å². The topological polar surface area (TPSA) is 29.5 Å². The third kappa shape index (κ3) is 3.67. The van der Waals surface area contributed by atoms with Crippen LogP contribution in [0.4, 0.5) is 0 Å². The number of rotatable bonds is 5. The smallest absolute Gasteiger partial charge is 0.0681 e. The number of ether oxygens (including phenoxy) is 1. The van der Waals surface area contributed by atoms with Gasteiger partial charge in [-0.1, -0.05) is 38.1 Å². The minimum atomic E-state index is 0.135. The van der Waals surface area contributed by atoms with E-state index in [1.54, 1.807) is 0 Å². The second kappa shape index (κ2) is 6.50. The molecule has 0 heterocycles. The molecule has 0 aliphatic heterocycles. The van der Waals surface area contributed by atoms with E-state index >= 15 is 0 Å². The van der Waals surface area contributed by atoms with Crippen LogP contribution < -0.4 is 0 Å². The van der Waals surface area contributed by atoms with Gasteiger partial charge in [-0.25, -0.2) is 0 Å². The molecule has 0 bridgehead atoms. The van der Waals surface area contributed by atoms with Crippen molar-refractivity contribution in [2.24, 2.45) is 17.8 Å². The van der Waals surface area contributed by atoms with Crippen LogP contribution in [0, 0.1) is 17.8 Å². The van der Waals surface area contributed by atoms with Crippen LogP contribution in [-0.4, -0.2) is 17.8 Å². The first kappa shape index (κ1) is 15.1. The molecule has 0 saturated heterocycles. The van der Waals surface area contributed by atoms with E-state index in [9.17, 15) is 5.11 Å². The Labute approximate surface area is 128 Å². The molecule has 2 atom stereocenters. The highest BCUT2D eigenvalue weighted by Gasteiger charge is 2.35. The lowest BCUT2D eigenvalue weighted by Gasteiger charge is -2.39.